The summed E-state index contributed by atoms with van der Waals surface area (Å²) in [5.41, 5.74) is 10.8. The molecule has 1 unspecified atom stereocenters. The molecule has 6 heteroatoms. The summed E-state index contributed by atoms with van der Waals surface area (Å²) in [6.45, 7) is 4.63. The maximum absolute atomic E-state index is 13.0. The lowest BCUT2D eigenvalue weighted by Crippen LogP contribution is -2.32. The average molecular weight is 387 g/mol. The Hall–Kier alpha value is -3.41. The highest BCUT2D eigenvalue weighted by Crippen LogP contribution is 2.28. The number of benzene rings is 2. The van der Waals surface area contributed by atoms with Crippen molar-refractivity contribution in [2.24, 2.45) is 0 Å². The first-order valence-electron chi connectivity index (χ1n) is 9.97. The number of nitrogens with one attached hydrogen (secondary N) is 1. The zero-order valence-electron chi connectivity index (χ0n) is 16.7. The number of nitrogen functional groups attached to an aromatic ring is 1. The first kappa shape index (κ1) is 18.9. The normalized spacial score (nSPS) is 12.3. The Morgan fingerprint density at radius 3 is 2.41 bits per heavy atom. The molecule has 4 aromatic rings. The van der Waals surface area contributed by atoms with E-state index in [1.807, 2.05) is 60.9 Å². The second-order valence-corrected chi connectivity index (χ2v) is 7.31. The highest BCUT2D eigenvalue weighted by atomic mass is 16.1. The summed E-state index contributed by atoms with van der Waals surface area (Å²) in [5.74, 6) is 0.205. The molecule has 0 aliphatic heterocycles. The number of carbonyl (C=O) groups excluding carboxylic acids is 1. The molecule has 1 atom stereocenters. The van der Waals surface area contributed by atoms with Crippen molar-refractivity contribution >= 4 is 33.9 Å². The molecule has 2 aromatic carbocycles. The van der Waals surface area contributed by atoms with Crippen LogP contribution in [0.5, 0.6) is 0 Å². The van der Waals surface area contributed by atoms with Gasteiger partial charge in [-0.15, -0.1) is 0 Å². The fourth-order valence-electron chi connectivity index (χ4n) is 3.45. The topological polar surface area (TPSA) is 85.8 Å². The number of anilines is 1. The van der Waals surface area contributed by atoms with Gasteiger partial charge in [0, 0.05) is 12.6 Å². The van der Waals surface area contributed by atoms with Gasteiger partial charge in [0.2, 0.25) is 0 Å². The van der Waals surface area contributed by atoms with E-state index in [4.69, 9.17) is 15.7 Å². The number of amides is 1. The SMILES string of the molecule is CCC(C)NC(=O)c1c(N)n(CCc2ccccc2)c2nc3ccccc3nc12. The zero-order valence-corrected chi connectivity index (χ0v) is 16.7. The van der Waals surface area contributed by atoms with Crippen LogP contribution in [0, 0.1) is 0 Å². The number of rotatable bonds is 6. The van der Waals surface area contributed by atoms with Crippen LogP contribution >= 0.6 is 0 Å². The summed E-state index contributed by atoms with van der Waals surface area (Å²) in [4.78, 5) is 22.5. The molecule has 4 rings (SSSR count). The molecular formula is C23H25N5O. The third kappa shape index (κ3) is 3.66. The molecule has 0 aliphatic carbocycles. The molecule has 2 heterocycles. The second kappa shape index (κ2) is 7.91. The van der Waals surface area contributed by atoms with E-state index in [-0.39, 0.29) is 11.9 Å². The highest BCUT2D eigenvalue weighted by molar-refractivity contribution is 6.10. The molecule has 0 spiro atoms. The molecule has 0 aliphatic rings. The van der Waals surface area contributed by atoms with Crippen molar-refractivity contribution in [1.82, 2.24) is 19.9 Å². The van der Waals surface area contributed by atoms with Crippen molar-refractivity contribution in [3.8, 4) is 0 Å². The maximum atomic E-state index is 13.0. The van der Waals surface area contributed by atoms with Crippen molar-refractivity contribution in [2.45, 2.75) is 39.3 Å². The van der Waals surface area contributed by atoms with Crippen LogP contribution in [-0.2, 0) is 13.0 Å². The van der Waals surface area contributed by atoms with Crippen molar-refractivity contribution in [2.75, 3.05) is 5.73 Å². The molecule has 0 saturated carbocycles. The molecule has 6 nitrogen and oxygen atoms in total. The Morgan fingerprint density at radius 2 is 1.72 bits per heavy atom. The van der Waals surface area contributed by atoms with Gasteiger partial charge >= 0.3 is 0 Å². The van der Waals surface area contributed by atoms with E-state index in [1.165, 1.54) is 5.56 Å². The standard InChI is InChI=1S/C23H25N5O/c1-3-15(2)25-23(29)19-20-22(27-18-12-8-7-11-17(18)26-20)28(21(19)24)14-13-16-9-5-4-6-10-16/h4-12,15H,3,13-14,24H2,1-2H3,(H,25,29). The zero-order chi connectivity index (χ0) is 20.4. The lowest BCUT2D eigenvalue weighted by molar-refractivity contribution is 0.0941. The number of aryl methyl sites for hydroxylation is 2. The van der Waals surface area contributed by atoms with Gasteiger partial charge in [-0.1, -0.05) is 49.4 Å². The molecular weight excluding hydrogens is 362 g/mol. The summed E-state index contributed by atoms with van der Waals surface area (Å²) in [6, 6.07) is 17.9. The molecule has 148 valence electrons. The molecule has 2 aromatic heterocycles. The summed E-state index contributed by atoms with van der Waals surface area (Å²) in [7, 11) is 0. The lowest BCUT2D eigenvalue weighted by Gasteiger charge is -2.11. The van der Waals surface area contributed by atoms with Gasteiger partial charge in [-0.3, -0.25) is 4.79 Å². The van der Waals surface area contributed by atoms with Gasteiger partial charge in [-0.25, -0.2) is 9.97 Å². The van der Waals surface area contributed by atoms with Crippen LogP contribution in [0.3, 0.4) is 0 Å². The highest BCUT2D eigenvalue weighted by Gasteiger charge is 2.24. The quantitative estimate of drug-likeness (QED) is 0.525. The van der Waals surface area contributed by atoms with Gasteiger partial charge in [0.1, 0.15) is 16.9 Å². The molecule has 0 saturated heterocycles. The predicted molar refractivity (Wildman–Crippen MR) is 117 cm³/mol. The average Bonchev–Trinajstić information content (AvgIpc) is 3.01. The van der Waals surface area contributed by atoms with Gasteiger partial charge in [0.15, 0.2) is 5.65 Å². The van der Waals surface area contributed by atoms with E-state index in [9.17, 15) is 4.79 Å². The number of carbonyl (C=O) groups is 1. The summed E-state index contributed by atoms with van der Waals surface area (Å²) in [5, 5.41) is 3.01. The van der Waals surface area contributed by atoms with Crippen molar-refractivity contribution in [3.05, 3.63) is 65.7 Å². The number of fused-ring (bicyclic) bond motifs is 2. The number of para-hydroxylation sites is 2. The van der Waals surface area contributed by atoms with Gasteiger partial charge in [0.05, 0.1) is 11.0 Å². The number of hydrogen-bond donors (Lipinski definition) is 2. The minimum atomic E-state index is -0.204. The first-order valence-corrected chi connectivity index (χ1v) is 9.97. The Balaban J connectivity index is 1.83. The smallest absolute Gasteiger partial charge is 0.257 e. The minimum absolute atomic E-state index is 0.0537. The first-order chi connectivity index (χ1) is 14.1. The second-order valence-electron chi connectivity index (χ2n) is 7.31. The van der Waals surface area contributed by atoms with E-state index in [0.717, 1.165) is 23.9 Å². The molecule has 0 bridgehead atoms. The van der Waals surface area contributed by atoms with Gasteiger partial charge < -0.3 is 15.6 Å². The monoisotopic (exact) mass is 387 g/mol. The van der Waals surface area contributed by atoms with E-state index in [2.05, 4.69) is 17.4 Å². The fraction of sp³-hybridized carbons (Fsp3) is 0.261. The molecule has 0 radical (unpaired) electrons. The third-order valence-corrected chi connectivity index (χ3v) is 5.28. The van der Waals surface area contributed by atoms with Gasteiger partial charge in [-0.05, 0) is 37.5 Å². The van der Waals surface area contributed by atoms with Crippen LogP contribution < -0.4 is 11.1 Å². The summed E-state index contributed by atoms with van der Waals surface area (Å²) < 4.78 is 1.91. The minimum Gasteiger partial charge on any atom is -0.384 e. The summed E-state index contributed by atoms with van der Waals surface area (Å²) in [6.07, 6.45) is 1.63. The largest absolute Gasteiger partial charge is 0.384 e. The van der Waals surface area contributed by atoms with E-state index < -0.39 is 0 Å². The molecule has 3 N–H and O–H groups in total. The Kier molecular flexibility index (Phi) is 5.16. The maximum Gasteiger partial charge on any atom is 0.257 e. The van der Waals surface area contributed by atoms with Crippen LogP contribution in [0.15, 0.2) is 54.6 Å². The van der Waals surface area contributed by atoms with Gasteiger partial charge in [0.25, 0.3) is 5.91 Å². The van der Waals surface area contributed by atoms with Crippen LogP contribution in [0.25, 0.3) is 22.2 Å². The van der Waals surface area contributed by atoms with E-state index in [0.29, 0.717) is 29.1 Å². The van der Waals surface area contributed by atoms with Crippen molar-refractivity contribution < 1.29 is 4.79 Å². The van der Waals surface area contributed by atoms with Crippen molar-refractivity contribution in [3.63, 3.8) is 0 Å². The Bertz CT molecular complexity index is 1170. The number of aromatic nitrogens is 3. The van der Waals surface area contributed by atoms with Crippen LogP contribution in [0.4, 0.5) is 5.82 Å². The van der Waals surface area contributed by atoms with E-state index >= 15 is 0 Å². The van der Waals surface area contributed by atoms with Crippen LogP contribution in [0.1, 0.15) is 36.2 Å². The predicted octanol–water partition coefficient (Wildman–Crippen LogP) is 3.94. The van der Waals surface area contributed by atoms with Crippen LogP contribution in [0.2, 0.25) is 0 Å². The fourth-order valence-corrected chi connectivity index (χ4v) is 3.45. The summed E-state index contributed by atoms with van der Waals surface area (Å²) >= 11 is 0. The molecule has 29 heavy (non-hydrogen) atoms. The molecule has 0 fully saturated rings. The molecule has 1 amide bonds. The number of nitrogens with zero attached hydrogens (tertiary/aromatic N) is 3. The van der Waals surface area contributed by atoms with Crippen molar-refractivity contribution in [1.29, 1.82) is 0 Å². The van der Waals surface area contributed by atoms with E-state index in [1.54, 1.807) is 0 Å². The Labute approximate surface area is 169 Å². The van der Waals surface area contributed by atoms with Gasteiger partial charge in [-0.2, -0.15) is 0 Å². The number of hydrogen-bond acceptors (Lipinski definition) is 4. The van der Waals surface area contributed by atoms with Crippen LogP contribution in [-0.4, -0.2) is 26.5 Å². The lowest BCUT2D eigenvalue weighted by atomic mass is 10.1. The third-order valence-electron chi connectivity index (χ3n) is 5.28. The Morgan fingerprint density at radius 1 is 1.07 bits per heavy atom. The number of nitrogens with two attached hydrogens (primary N) is 1.